The summed E-state index contributed by atoms with van der Waals surface area (Å²) in [7, 11) is 0. The number of carbonyl (C=O) groups excluding carboxylic acids is 1. The van der Waals surface area contributed by atoms with E-state index in [1.165, 1.54) is 6.33 Å². The zero-order valence-electron chi connectivity index (χ0n) is 8.62. The minimum atomic E-state index is -0.455. The largest absolute Gasteiger partial charge is 0.370 e. The number of rotatable bonds is 4. The summed E-state index contributed by atoms with van der Waals surface area (Å²) in [6, 6.07) is 1.59. The van der Waals surface area contributed by atoms with Crippen molar-refractivity contribution in [3.8, 4) is 0 Å². The summed E-state index contributed by atoms with van der Waals surface area (Å²) in [6.45, 7) is 3.71. The molecule has 0 radical (unpaired) electrons. The monoisotopic (exact) mass is 228 g/mol. The van der Waals surface area contributed by atoms with Crippen molar-refractivity contribution in [2.75, 3.05) is 5.32 Å². The normalized spacial score (nSPS) is 11.1. The van der Waals surface area contributed by atoms with Gasteiger partial charge in [0, 0.05) is 18.0 Å². The van der Waals surface area contributed by atoms with Gasteiger partial charge in [-0.05, 0) is 13.8 Å². The van der Waals surface area contributed by atoms with E-state index >= 15 is 0 Å². The van der Waals surface area contributed by atoms with E-state index in [0.29, 0.717) is 11.0 Å². The average molecular weight is 229 g/mol. The molecule has 0 spiro atoms. The lowest BCUT2D eigenvalue weighted by Gasteiger charge is -2.25. The summed E-state index contributed by atoms with van der Waals surface area (Å²) in [6.07, 6.45) is 1.57. The molecule has 0 saturated carbocycles. The van der Waals surface area contributed by atoms with Gasteiger partial charge in [-0.2, -0.15) is 0 Å². The maximum absolute atomic E-state index is 10.8. The highest BCUT2D eigenvalue weighted by molar-refractivity contribution is 6.29. The van der Waals surface area contributed by atoms with Gasteiger partial charge < -0.3 is 11.1 Å². The Kier molecular flexibility index (Phi) is 3.47. The molecule has 1 rings (SSSR count). The van der Waals surface area contributed by atoms with Crippen LogP contribution in [0.2, 0.25) is 5.15 Å². The van der Waals surface area contributed by atoms with Gasteiger partial charge in [0.25, 0.3) is 0 Å². The van der Waals surface area contributed by atoms with Crippen LogP contribution in [0.25, 0.3) is 0 Å². The molecule has 1 heterocycles. The minimum absolute atomic E-state index is 0.217. The number of primary amides is 1. The van der Waals surface area contributed by atoms with Crippen LogP contribution in [-0.4, -0.2) is 21.4 Å². The van der Waals surface area contributed by atoms with Gasteiger partial charge in [0.05, 0.1) is 0 Å². The van der Waals surface area contributed by atoms with E-state index in [1.807, 2.05) is 13.8 Å². The Bertz CT molecular complexity index is 367. The Morgan fingerprint density at radius 2 is 2.27 bits per heavy atom. The highest BCUT2D eigenvalue weighted by Crippen LogP contribution is 2.17. The minimum Gasteiger partial charge on any atom is -0.370 e. The fourth-order valence-electron chi connectivity index (χ4n) is 1.23. The third-order valence-corrected chi connectivity index (χ3v) is 1.92. The second kappa shape index (κ2) is 4.44. The molecule has 0 aliphatic rings. The second-order valence-corrected chi connectivity index (χ2v) is 4.27. The van der Waals surface area contributed by atoms with Gasteiger partial charge >= 0.3 is 0 Å². The summed E-state index contributed by atoms with van der Waals surface area (Å²) in [5, 5.41) is 3.40. The molecule has 15 heavy (non-hydrogen) atoms. The van der Waals surface area contributed by atoms with E-state index in [4.69, 9.17) is 17.3 Å². The van der Waals surface area contributed by atoms with Crippen LogP contribution in [0, 0.1) is 0 Å². The molecule has 1 aromatic heterocycles. The third kappa shape index (κ3) is 4.12. The molecule has 0 unspecified atom stereocenters. The Balaban J connectivity index is 2.72. The van der Waals surface area contributed by atoms with E-state index in [9.17, 15) is 4.79 Å². The van der Waals surface area contributed by atoms with Crippen molar-refractivity contribution in [1.82, 2.24) is 9.97 Å². The SMILES string of the molecule is CC(C)(CC(N)=O)Nc1cc(Cl)ncn1. The quantitative estimate of drug-likeness (QED) is 0.759. The fourth-order valence-corrected chi connectivity index (χ4v) is 1.38. The van der Waals surface area contributed by atoms with Gasteiger partial charge in [-0.3, -0.25) is 4.79 Å². The Morgan fingerprint density at radius 3 is 2.80 bits per heavy atom. The molecule has 1 amide bonds. The van der Waals surface area contributed by atoms with Crippen molar-refractivity contribution in [1.29, 1.82) is 0 Å². The van der Waals surface area contributed by atoms with E-state index < -0.39 is 5.54 Å². The third-order valence-electron chi connectivity index (χ3n) is 1.72. The Morgan fingerprint density at radius 1 is 1.60 bits per heavy atom. The Hall–Kier alpha value is -1.36. The first-order chi connectivity index (χ1) is 6.89. The summed E-state index contributed by atoms with van der Waals surface area (Å²) in [5.74, 6) is 0.203. The van der Waals surface area contributed by atoms with E-state index in [-0.39, 0.29) is 12.3 Å². The van der Waals surface area contributed by atoms with Crippen LogP contribution in [0.15, 0.2) is 12.4 Å². The molecule has 6 heteroatoms. The lowest BCUT2D eigenvalue weighted by Crippen LogP contribution is -2.36. The molecular formula is C9H13ClN4O. The second-order valence-electron chi connectivity index (χ2n) is 3.88. The first kappa shape index (κ1) is 11.7. The number of anilines is 1. The topological polar surface area (TPSA) is 80.9 Å². The van der Waals surface area contributed by atoms with Crippen LogP contribution in [-0.2, 0) is 4.79 Å². The van der Waals surface area contributed by atoms with Crippen LogP contribution in [0.1, 0.15) is 20.3 Å². The predicted octanol–water partition coefficient (Wildman–Crippen LogP) is 1.20. The molecule has 0 aromatic carbocycles. The van der Waals surface area contributed by atoms with Crippen LogP contribution in [0.3, 0.4) is 0 Å². The molecule has 0 saturated heterocycles. The van der Waals surface area contributed by atoms with Crippen molar-refractivity contribution < 1.29 is 4.79 Å². The number of halogens is 1. The van der Waals surface area contributed by atoms with Crippen molar-refractivity contribution in [3.63, 3.8) is 0 Å². The number of hydrogen-bond donors (Lipinski definition) is 2. The number of hydrogen-bond acceptors (Lipinski definition) is 4. The predicted molar refractivity (Wildman–Crippen MR) is 58.6 cm³/mol. The van der Waals surface area contributed by atoms with E-state index in [0.717, 1.165) is 0 Å². The summed E-state index contributed by atoms with van der Waals surface area (Å²) < 4.78 is 0. The van der Waals surface area contributed by atoms with Crippen LogP contribution in [0.5, 0.6) is 0 Å². The molecule has 0 aliphatic heterocycles. The van der Waals surface area contributed by atoms with Gasteiger partial charge in [0.2, 0.25) is 5.91 Å². The lowest BCUT2D eigenvalue weighted by atomic mass is 10.0. The summed E-state index contributed by atoms with van der Waals surface area (Å²) in [5.41, 5.74) is 4.67. The number of aromatic nitrogens is 2. The van der Waals surface area contributed by atoms with Crippen LogP contribution >= 0.6 is 11.6 Å². The number of carbonyl (C=O) groups is 1. The molecule has 0 fully saturated rings. The summed E-state index contributed by atoms with van der Waals surface area (Å²) >= 11 is 5.70. The standard InChI is InChI=1S/C9H13ClN4O/c1-9(2,4-7(11)15)14-8-3-6(10)12-5-13-8/h3,5H,4H2,1-2H3,(H2,11,15)(H,12,13,14). The molecule has 82 valence electrons. The van der Waals surface area contributed by atoms with Crippen LogP contribution in [0.4, 0.5) is 5.82 Å². The van der Waals surface area contributed by atoms with Crippen LogP contribution < -0.4 is 11.1 Å². The van der Waals surface area contributed by atoms with Crippen molar-refractivity contribution >= 4 is 23.3 Å². The molecule has 0 aliphatic carbocycles. The first-order valence-corrected chi connectivity index (χ1v) is 4.81. The molecule has 1 aromatic rings. The average Bonchev–Trinajstić information content (AvgIpc) is 1.99. The fraction of sp³-hybridized carbons (Fsp3) is 0.444. The van der Waals surface area contributed by atoms with E-state index in [2.05, 4.69) is 15.3 Å². The molecule has 0 atom stereocenters. The van der Waals surface area contributed by atoms with Crippen molar-refractivity contribution in [2.24, 2.45) is 5.73 Å². The number of nitrogens with two attached hydrogens (primary N) is 1. The lowest BCUT2D eigenvalue weighted by molar-refractivity contribution is -0.118. The molecule has 3 N–H and O–H groups in total. The Labute approximate surface area is 93.0 Å². The first-order valence-electron chi connectivity index (χ1n) is 4.43. The van der Waals surface area contributed by atoms with Gasteiger partial charge in [0.1, 0.15) is 17.3 Å². The smallest absolute Gasteiger partial charge is 0.219 e. The maximum atomic E-state index is 10.8. The van der Waals surface area contributed by atoms with Gasteiger partial charge in [0.15, 0.2) is 0 Å². The molecular weight excluding hydrogens is 216 g/mol. The van der Waals surface area contributed by atoms with Crippen molar-refractivity contribution in [2.45, 2.75) is 25.8 Å². The highest BCUT2D eigenvalue weighted by atomic mass is 35.5. The van der Waals surface area contributed by atoms with Gasteiger partial charge in [-0.1, -0.05) is 11.6 Å². The number of nitrogens with one attached hydrogen (secondary N) is 1. The van der Waals surface area contributed by atoms with E-state index in [1.54, 1.807) is 6.07 Å². The number of nitrogens with zero attached hydrogens (tertiary/aromatic N) is 2. The highest BCUT2D eigenvalue weighted by Gasteiger charge is 2.20. The number of amides is 1. The molecule has 0 bridgehead atoms. The zero-order chi connectivity index (χ0) is 11.5. The van der Waals surface area contributed by atoms with Gasteiger partial charge in [-0.15, -0.1) is 0 Å². The molecule has 5 nitrogen and oxygen atoms in total. The summed E-state index contributed by atoms with van der Waals surface area (Å²) in [4.78, 5) is 18.5. The van der Waals surface area contributed by atoms with Crippen molar-refractivity contribution in [3.05, 3.63) is 17.5 Å². The maximum Gasteiger partial charge on any atom is 0.219 e. The van der Waals surface area contributed by atoms with Gasteiger partial charge in [-0.25, -0.2) is 9.97 Å². The zero-order valence-corrected chi connectivity index (χ0v) is 9.38.